The van der Waals surface area contributed by atoms with Gasteiger partial charge in [0.25, 0.3) is 5.91 Å². The molecule has 0 saturated carbocycles. The third-order valence-electron chi connectivity index (χ3n) is 6.40. The van der Waals surface area contributed by atoms with Gasteiger partial charge in [0.2, 0.25) is 6.79 Å². The summed E-state index contributed by atoms with van der Waals surface area (Å²) < 4.78 is 11.0. The van der Waals surface area contributed by atoms with Crippen LogP contribution in [0.3, 0.4) is 0 Å². The molecule has 6 aromatic rings. The lowest BCUT2D eigenvalue weighted by Crippen LogP contribution is -2.13. The van der Waals surface area contributed by atoms with Crippen molar-refractivity contribution in [2.75, 3.05) is 12.1 Å². The van der Waals surface area contributed by atoms with Crippen LogP contribution in [0, 0.1) is 0 Å². The number of carbonyl (C=O) groups is 1. The van der Waals surface area contributed by atoms with Gasteiger partial charge in [-0.05, 0) is 47.2 Å². The summed E-state index contributed by atoms with van der Waals surface area (Å²) in [5.74, 6) is 1.14. The Balaban J connectivity index is 1.22. The maximum atomic E-state index is 13.5. The molecule has 1 N–H and O–H groups in total. The number of nitrogens with one attached hydrogen (secondary N) is 1. The van der Waals surface area contributed by atoms with Gasteiger partial charge in [-0.1, -0.05) is 54.6 Å². The minimum absolute atomic E-state index is 0.201. The molecule has 0 aliphatic carbocycles. The maximum absolute atomic E-state index is 13.5. The second kappa shape index (κ2) is 8.72. The van der Waals surface area contributed by atoms with Gasteiger partial charge < -0.3 is 9.47 Å². The molecule has 6 nitrogen and oxygen atoms in total. The summed E-state index contributed by atoms with van der Waals surface area (Å²) in [5, 5.41) is 8.60. The van der Waals surface area contributed by atoms with Gasteiger partial charge in [0, 0.05) is 21.9 Å². The van der Waals surface area contributed by atoms with Crippen LogP contribution in [0.2, 0.25) is 0 Å². The zero-order valence-electron chi connectivity index (χ0n) is 19.5. The molecule has 0 spiro atoms. The quantitative estimate of drug-likeness (QED) is 0.277. The summed E-state index contributed by atoms with van der Waals surface area (Å²) in [5.41, 5.74) is 4.62. The first-order valence-corrected chi connectivity index (χ1v) is 12.7. The topological polar surface area (TPSA) is 73.3 Å². The highest BCUT2D eigenvalue weighted by molar-refractivity contribution is 7.14. The van der Waals surface area contributed by atoms with Crippen LogP contribution in [-0.2, 0) is 0 Å². The van der Waals surface area contributed by atoms with Crippen LogP contribution in [0.25, 0.3) is 44.2 Å². The van der Waals surface area contributed by atoms with Gasteiger partial charge in [-0.3, -0.25) is 10.1 Å². The number of pyridine rings is 1. The molecule has 1 aliphatic heterocycles. The molecule has 0 radical (unpaired) electrons. The smallest absolute Gasteiger partial charge is 0.258 e. The van der Waals surface area contributed by atoms with Crippen LogP contribution in [0.15, 0.2) is 96.4 Å². The fraction of sp³-hybridized carbons (Fsp3) is 0.0333. The van der Waals surface area contributed by atoms with Crippen molar-refractivity contribution in [1.82, 2.24) is 9.97 Å². The number of amides is 1. The highest BCUT2D eigenvalue weighted by Gasteiger charge is 2.18. The molecule has 2 aromatic heterocycles. The maximum Gasteiger partial charge on any atom is 0.258 e. The first kappa shape index (κ1) is 21.5. The zero-order chi connectivity index (χ0) is 24.8. The normalized spacial score (nSPS) is 12.2. The van der Waals surface area contributed by atoms with Gasteiger partial charge in [0.15, 0.2) is 16.6 Å². The SMILES string of the molecule is O=C(Nc1nc(-c2ccc3ccccc3c2)cs1)c1cc(-c2ccc3c(c2)OCO3)nc2ccccc12. The number of fused-ring (bicyclic) bond motifs is 3. The molecule has 0 fully saturated rings. The summed E-state index contributed by atoms with van der Waals surface area (Å²) in [6.07, 6.45) is 0. The van der Waals surface area contributed by atoms with E-state index >= 15 is 0 Å². The number of carbonyl (C=O) groups excluding carboxylic acids is 1. The van der Waals surface area contributed by atoms with Crippen LogP contribution in [0.4, 0.5) is 5.13 Å². The number of ether oxygens (including phenoxy) is 2. The number of nitrogens with zero attached hydrogens (tertiary/aromatic N) is 2. The summed E-state index contributed by atoms with van der Waals surface area (Å²) in [4.78, 5) is 23.0. The largest absolute Gasteiger partial charge is 0.454 e. The van der Waals surface area contributed by atoms with E-state index in [-0.39, 0.29) is 12.7 Å². The van der Waals surface area contributed by atoms with Crippen LogP contribution >= 0.6 is 11.3 Å². The average molecular weight is 502 g/mol. The van der Waals surface area contributed by atoms with Crippen molar-refractivity contribution in [3.05, 3.63) is 102 Å². The van der Waals surface area contributed by atoms with Crippen LogP contribution < -0.4 is 14.8 Å². The van der Waals surface area contributed by atoms with E-state index in [4.69, 9.17) is 19.4 Å². The lowest BCUT2D eigenvalue weighted by molar-refractivity contribution is 0.102. The number of rotatable bonds is 4. The van der Waals surface area contributed by atoms with E-state index < -0.39 is 0 Å². The summed E-state index contributed by atoms with van der Waals surface area (Å²) in [6.45, 7) is 0.201. The van der Waals surface area contributed by atoms with Gasteiger partial charge >= 0.3 is 0 Å². The molecule has 0 bridgehead atoms. The van der Waals surface area contributed by atoms with Gasteiger partial charge in [-0.15, -0.1) is 11.3 Å². The third-order valence-corrected chi connectivity index (χ3v) is 7.16. The van der Waals surface area contributed by atoms with Gasteiger partial charge in [-0.2, -0.15) is 0 Å². The molecule has 4 aromatic carbocycles. The highest BCUT2D eigenvalue weighted by Crippen LogP contribution is 2.36. The molecule has 178 valence electrons. The Labute approximate surface area is 216 Å². The highest BCUT2D eigenvalue weighted by atomic mass is 32.1. The van der Waals surface area contributed by atoms with E-state index in [0.717, 1.165) is 33.1 Å². The van der Waals surface area contributed by atoms with E-state index in [1.807, 2.05) is 66.0 Å². The lowest BCUT2D eigenvalue weighted by atomic mass is 10.0. The zero-order valence-corrected chi connectivity index (χ0v) is 20.3. The minimum Gasteiger partial charge on any atom is -0.454 e. The van der Waals surface area contributed by atoms with Crippen molar-refractivity contribution in [2.24, 2.45) is 0 Å². The predicted molar refractivity (Wildman–Crippen MR) is 146 cm³/mol. The molecule has 0 atom stereocenters. The van der Waals surface area contributed by atoms with Crippen LogP contribution in [-0.4, -0.2) is 22.7 Å². The Morgan fingerprint density at radius 1 is 0.757 bits per heavy atom. The number of thiazole rings is 1. The second-order valence-electron chi connectivity index (χ2n) is 8.69. The van der Waals surface area contributed by atoms with Crippen molar-refractivity contribution in [3.8, 4) is 34.0 Å². The molecule has 1 amide bonds. The predicted octanol–water partition coefficient (Wildman–Crippen LogP) is 7.16. The van der Waals surface area contributed by atoms with Crippen molar-refractivity contribution in [1.29, 1.82) is 0 Å². The standard InChI is InChI=1S/C30H19N3O3S/c34-29(33-30-32-26(16-37-30)20-10-9-18-5-1-2-6-19(18)13-20)23-15-25(31-24-8-4-3-7-22(23)24)21-11-12-27-28(14-21)36-17-35-27/h1-16H,17H2,(H,32,33,34). The first-order valence-electron chi connectivity index (χ1n) is 11.8. The Bertz CT molecular complexity index is 1830. The molecular weight excluding hydrogens is 482 g/mol. The number of benzene rings is 4. The van der Waals surface area contributed by atoms with Gasteiger partial charge in [0.05, 0.1) is 22.5 Å². The molecule has 3 heterocycles. The Hall–Kier alpha value is -4.75. The molecule has 1 aliphatic rings. The third kappa shape index (κ3) is 3.95. The van der Waals surface area contributed by atoms with Crippen molar-refractivity contribution in [2.45, 2.75) is 0 Å². The molecule has 0 unspecified atom stereocenters. The monoisotopic (exact) mass is 501 g/mol. The van der Waals surface area contributed by atoms with Gasteiger partial charge in [-0.25, -0.2) is 9.97 Å². The summed E-state index contributed by atoms with van der Waals surface area (Å²) >= 11 is 1.40. The van der Waals surface area contributed by atoms with Crippen molar-refractivity contribution in [3.63, 3.8) is 0 Å². The molecular formula is C30H19N3O3S. The summed E-state index contributed by atoms with van der Waals surface area (Å²) in [6, 6.07) is 29.6. The van der Waals surface area contributed by atoms with E-state index in [1.54, 1.807) is 0 Å². The number of hydrogen-bond acceptors (Lipinski definition) is 6. The number of anilines is 1. The lowest BCUT2D eigenvalue weighted by Gasteiger charge is -2.10. The average Bonchev–Trinajstić information content (AvgIpc) is 3.61. The second-order valence-corrected chi connectivity index (χ2v) is 9.55. The Kier molecular flexibility index (Phi) is 5.08. The Morgan fingerprint density at radius 3 is 2.49 bits per heavy atom. The van der Waals surface area contributed by atoms with Crippen LogP contribution in [0.5, 0.6) is 11.5 Å². The minimum atomic E-state index is -0.236. The summed E-state index contributed by atoms with van der Waals surface area (Å²) in [7, 11) is 0. The van der Waals surface area contributed by atoms with Gasteiger partial charge in [0.1, 0.15) is 0 Å². The van der Waals surface area contributed by atoms with E-state index in [9.17, 15) is 4.79 Å². The number of aromatic nitrogens is 2. The van der Waals surface area contributed by atoms with Crippen molar-refractivity contribution < 1.29 is 14.3 Å². The van der Waals surface area contributed by atoms with E-state index in [2.05, 4.69) is 35.6 Å². The van der Waals surface area contributed by atoms with E-state index in [1.165, 1.54) is 16.7 Å². The molecule has 7 rings (SSSR count). The first-order chi connectivity index (χ1) is 18.2. The molecule has 37 heavy (non-hydrogen) atoms. The Morgan fingerprint density at radius 2 is 1.54 bits per heavy atom. The number of para-hydroxylation sites is 1. The number of hydrogen-bond donors (Lipinski definition) is 1. The fourth-order valence-electron chi connectivity index (χ4n) is 4.54. The molecule has 0 saturated heterocycles. The van der Waals surface area contributed by atoms with Crippen molar-refractivity contribution >= 4 is 44.1 Å². The fourth-order valence-corrected chi connectivity index (χ4v) is 5.26. The van der Waals surface area contributed by atoms with Crippen LogP contribution in [0.1, 0.15) is 10.4 Å². The van der Waals surface area contributed by atoms with E-state index in [0.29, 0.717) is 27.9 Å². The molecule has 7 heteroatoms.